The maximum atomic E-state index is 12.9. The molecule has 1 heterocycles. The molecule has 4 aliphatic rings. The Labute approximate surface area is 163 Å². The second-order valence-corrected chi connectivity index (χ2v) is 8.94. The summed E-state index contributed by atoms with van der Waals surface area (Å²) in [6.07, 6.45) is 8.39. The molecule has 1 amide bonds. The quantitative estimate of drug-likeness (QED) is 0.690. The number of fused-ring (bicyclic) bond motifs is 1. The van der Waals surface area contributed by atoms with Crippen LogP contribution in [-0.4, -0.2) is 35.6 Å². The first-order valence-corrected chi connectivity index (χ1v) is 10.6. The van der Waals surface area contributed by atoms with Crippen LogP contribution in [0, 0.1) is 29.6 Å². The van der Waals surface area contributed by atoms with Crippen molar-refractivity contribution in [1.82, 2.24) is 15.3 Å². The number of ether oxygens (including phenoxy) is 1. The van der Waals surface area contributed by atoms with Crippen LogP contribution in [0.25, 0.3) is 0 Å². The van der Waals surface area contributed by atoms with Crippen molar-refractivity contribution in [3.63, 3.8) is 0 Å². The number of methoxy groups -OCH3 is 1. The largest absolute Gasteiger partial charge is 0.375 e. The van der Waals surface area contributed by atoms with Gasteiger partial charge in [0.2, 0.25) is 5.95 Å². The van der Waals surface area contributed by atoms with Crippen LogP contribution in [0.4, 0.5) is 5.95 Å². The summed E-state index contributed by atoms with van der Waals surface area (Å²) in [5.41, 5.74) is 1.28. The third-order valence-corrected chi connectivity index (χ3v) is 7.20. The molecular formula is C21H34N4O2. The molecule has 5 unspecified atom stereocenters. The zero-order chi connectivity index (χ0) is 18.5. The zero-order valence-corrected chi connectivity index (χ0v) is 16.3. The van der Waals surface area contributed by atoms with Crippen LogP contribution in [0.3, 0.4) is 0 Å². The lowest BCUT2D eigenvalue weighted by molar-refractivity contribution is 0.0849. The van der Waals surface area contributed by atoms with Gasteiger partial charge in [0.1, 0.15) is 6.10 Å². The molecule has 1 aromatic rings. The molecule has 150 valence electrons. The van der Waals surface area contributed by atoms with Crippen LogP contribution < -0.4 is 10.6 Å². The summed E-state index contributed by atoms with van der Waals surface area (Å²) < 4.78 is 5.67. The highest BCUT2D eigenvalue weighted by Crippen LogP contribution is 2.74. The average molecular weight is 375 g/mol. The van der Waals surface area contributed by atoms with Gasteiger partial charge in [-0.15, -0.1) is 0 Å². The lowest BCUT2D eigenvalue weighted by atomic mass is 9.79. The second kappa shape index (κ2) is 6.73. The molecule has 2 N–H and O–H groups in total. The van der Waals surface area contributed by atoms with Crippen LogP contribution in [0.1, 0.15) is 70.5 Å². The second-order valence-electron chi connectivity index (χ2n) is 8.94. The first kappa shape index (κ1) is 17.4. The number of anilines is 1. The molecule has 0 aromatic carbocycles. The normalized spacial score (nSPS) is 33.8. The van der Waals surface area contributed by atoms with Gasteiger partial charge in [-0.3, -0.25) is 4.79 Å². The van der Waals surface area contributed by atoms with Crippen molar-refractivity contribution in [3.05, 3.63) is 17.5 Å². The fourth-order valence-corrected chi connectivity index (χ4v) is 5.64. The average Bonchev–Trinajstić information content (AvgIpc) is 3.56. The number of hydrogen-bond acceptors (Lipinski definition) is 5. The fraction of sp³-hybridized carbons (Fsp3) is 0.762. The van der Waals surface area contributed by atoms with Gasteiger partial charge in [0.15, 0.2) is 0 Å². The van der Waals surface area contributed by atoms with E-state index < -0.39 is 0 Å². The molecule has 1 aromatic heterocycles. The summed E-state index contributed by atoms with van der Waals surface area (Å²) >= 11 is 0. The summed E-state index contributed by atoms with van der Waals surface area (Å²) in [7, 11) is 1.69. The minimum atomic E-state index is -0.176. The number of hydrogen-bond donors (Lipinski definition) is 2. The number of nitrogens with one attached hydrogen (secondary N) is 2. The van der Waals surface area contributed by atoms with E-state index in [1.807, 2.05) is 0 Å². The molecule has 0 aliphatic heterocycles. The van der Waals surface area contributed by atoms with Gasteiger partial charge >= 0.3 is 0 Å². The molecule has 0 spiro atoms. The molecule has 0 bridgehead atoms. The Balaban J connectivity index is 0.00000120. The Morgan fingerprint density at radius 2 is 2.22 bits per heavy atom. The van der Waals surface area contributed by atoms with Crippen LogP contribution in [-0.2, 0) is 4.74 Å². The van der Waals surface area contributed by atoms with Gasteiger partial charge in [-0.2, -0.15) is 0 Å². The van der Waals surface area contributed by atoms with Crippen molar-refractivity contribution in [2.75, 3.05) is 19.0 Å². The molecule has 5 rings (SSSR count). The number of rotatable bonds is 9. The molecular weight excluding hydrogens is 340 g/mol. The van der Waals surface area contributed by atoms with Crippen LogP contribution in [0.5, 0.6) is 0 Å². The number of carbonyl (C=O) groups is 1. The van der Waals surface area contributed by atoms with Crippen LogP contribution >= 0.6 is 0 Å². The van der Waals surface area contributed by atoms with E-state index in [-0.39, 0.29) is 14.9 Å². The molecule has 6 heteroatoms. The SMILES string of the molecule is CCC[C@H](OC)c1nc(NC2CC2)ncc1C(=O)NCC1CC2CC3C1C23.[HH].[HH]. The molecule has 6 nitrogen and oxygen atoms in total. The molecule has 0 saturated heterocycles. The maximum absolute atomic E-state index is 12.9. The highest BCUT2D eigenvalue weighted by atomic mass is 16.5. The summed E-state index contributed by atoms with van der Waals surface area (Å²) in [4.78, 5) is 22.0. The summed E-state index contributed by atoms with van der Waals surface area (Å²) in [6.45, 7) is 2.91. The highest BCUT2D eigenvalue weighted by molar-refractivity contribution is 5.95. The van der Waals surface area contributed by atoms with Gasteiger partial charge in [-0.1, -0.05) is 13.3 Å². The lowest BCUT2D eigenvalue weighted by Gasteiger charge is -2.28. The topological polar surface area (TPSA) is 76.1 Å². The predicted octanol–water partition coefficient (Wildman–Crippen LogP) is 3.66. The Morgan fingerprint density at radius 3 is 2.85 bits per heavy atom. The van der Waals surface area contributed by atoms with E-state index in [2.05, 4.69) is 27.5 Å². The number of nitrogens with zero attached hydrogens (tertiary/aromatic N) is 2. The minimum Gasteiger partial charge on any atom is -0.375 e. The van der Waals surface area contributed by atoms with Crippen molar-refractivity contribution in [2.24, 2.45) is 29.6 Å². The van der Waals surface area contributed by atoms with Crippen molar-refractivity contribution < 1.29 is 12.4 Å². The molecule has 4 saturated carbocycles. The van der Waals surface area contributed by atoms with Crippen molar-refractivity contribution in [2.45, 2.75) is 57.6 Å². The highest BCUT2D eigenvalue weighted by Gasteiger charge is 2.69. The van der Waals surface area contributed by atoms with E-state index in [0.717, 1.165) is 55.9 Å². The fourth-order valence-electron chi connectivity index (χ4n) is 5.64. The first-order valence-electron chi connectivity index (χ1n) is 10.6. The Morgan fingerprint density at radius 1 is 1.37 bits per heavy atom. The van der Waals surface area contributed by atoms with E-state index in [9.17, 15) is 4.79 Å². The lowest BCUT2D eigenvalue weighted by Crippen LogP contribution is -2.33. The van der Waals surface area contributed by atoms with Gasteiger partial charge in [0, 0.05) is 28.7 Å². The molecule has 4 fully saturated rings. The summed E-state index contributed by atoms with van der Waals surface area (Å²) in [5.74, 6) is 5.06. The minimum absolute atomic E-state index is 0. The van der Waals surface area contributed by atoms with E-state index in [1.165, 1.54) is 12.8 Å². The maximum Gasteiger partial charge on any atom is 0.254 e. The molecule has 4 aliphatic carbocycles. The number of amides is 1. The van der Waals surface area contributed by atoms with Crippen LogP contribution in [0.15, 0.2) is 6.20 Å². The smallest absolute Gasteiger partial charge is 0.254 e. The molecule has 27 heavy (non-hydrogen) atoms. The van der Waals surface area contributed by atoms with Crippen molar-refractivity contribution in [1.29, 1.82) is 0 Å². The first-order chi connectivity index (χ1) is 13.2. The summed E-state index contributed by atoms with van der Waals surface area (Å²) in [5, 5.41) is 6.51. The van der Waals surface area contributed by atoms with E-state index in [1.54, 1.807) is 13.3 Å². The predicted molar refractivity (Wildman–Crippen MR) is 107 cm³/mol. The Hall–Kier alpha value is -1.69. The van der Waals surface area contributed by atoms with Crippen molar-refractivity contribution in [3.8, 4) is 0 Å². The van der Waals surface area contributed by atoms with Gasteiger partial charge in [-0.05, 0) is 61.7 Å². The van der Waals surface area contributed by atoms with Gasteiger partial charge in [0.25, 0.3) is 5.91 Å². The van der Waals surface area contributed by atoms with E-state index in [0.29, 0.717) is 29.2 Å². The monoisotopic (exact) mass is 374 g/mol. The van der Waals surface area contributed by atoms with Gasteiger partial charge in [0.05, 0.1) is 11.3 Å². The third kappa shape index (κ3) is 3.12. The standard InChI is InChI=1S/C21H30N4O2.2H2/c1-3-4-16(27-2)19-15(10-23-21(25-19)24-13-5-6-13)20(26)22-9-12-7-11-8-14-17(11)18(12)14;;/h10-14,16-18H,3-9H2,1-2H3,(H,22,26)(H,23,24,25);2*1H/t11?,12?,14?,16-,17?,18?;;/m0../s1. The van der Waals surface area contributed by atoms with Gasteiger partial charge in [-0.25, -0.2) is 9.97 Å². The van der Waals surface area contributed by atoms with Crippen LogP contribution in [0.2, 0.25) is 0 Å². The molecule has 6 atom stereocenters. The van der Waals surface area contributed by atoms with E-state index in [4.69, 9.17) is 4.74 Å². The summed E-state index contributed by atoms with van der Waals surface area (Å²) in [6, 6.07) is 0.477. The third-order valence-electron chi connectivity index (χ3n) is 7.20. The number of aromatic nitrogens is 2. The zero-order valence-electron chi connectivity index (χ0n) is 16.3. The van der Waals surface area contributed by atoms with Gasteiger partial charge < -0.3 is 15.4 Å². The Bertz CT molecular complexity index is 745. The van der Waals surface area contributed by atoms with Crippen molar-refractivity contribution >= 4 is 11.9 Å². The molecule has 0 radical (unpaired) electrons. The Kier molecular flexibility index (Phi) is 4.34. The number of carbonyl (C=O) groups excluding carboxylic acids is 1. The van der Waals surface area contributed by atoms with E-state index >= 15 is 0 Å².